The summed E-state index contributed by atoms with van der Waals surface area (Å²) in [6, 6.07) is 5.56. The molecule has 0 unspecified atom stereocenters. The second kappa shape index (κ2) is 10.2. The molecule has 1 N–H and O–H groups in total. The molecular formula is C20H28N2O6S. The van der Waals surface area contributed by atoms with Crippen LogP contribution in [0.15, 0.2) is 29.2 Å². The van der Waals surface area contributed by atoms with Crippen molar-refractivity contribution in [1.82, 2.24) is 9.62 Å². The van der Waals surface area contributed by atoms with E-state index in [-0.39, 0.29) is 23.0 Å². The first-order valence-electron chi connectivity index (χ1n) is 10.1. The number of rotatable bonds is 7. The molecule has 1 aromatic rings. The van der Waals surface area contributed by atoms with Crippen LogP contribution in [-0.2, 0) is 24.3 Å². The smallest absolute Gasteiger partial charge is 0.338 e. The van der Waals surface area contributed by atoms with E-state index >= 15 is 0 Å². The molecule has 9 heteroatoms. The number of hydrogen-bond acceptors (Lipinski definition) is 6. The lowest BCUT2D eigenvalue weighted by molar-refractivity contribution is -0.124. The normalized spacial score (nSPS) is 18.9. The Kier molecular flexibility index (Phi) is 7.63. The summed E-state index contributed by atoms with van der Waals surface area (Å²) in [5.74, 6) is -0.479. The Labute approximate surface area is 171 Å². The van der Waals surface area contributed by atoms with Gasteiger partial charge >= 0.3 is 5.97 Å². The second-order valence-electron chi connectivity index (χ2n) is 7.43. The molecule has 160 valence electrons. The second-order valence-corrected chi connectivity index (χ2v) is 9.36. The van der Waals surface area contributed by atoms with Gasteiger partial charge in [0.2, 0.25) is 10.0 Å². The van der Waals surface area contributed by atoms with Crippen molar-refractivity contribution in [1.29, 1.82) is 0 Å². The van der Waals surface area contributed by atoms with Crippen LogP contribution < -0.4 is 5.32 Å². The van der Waals surface area contributed by atoms with Crippen molar-refractivity contribution in [2.75, 3.05) is 39.5 Å². The number of ether oxygens (including phenoxy) is 2. The molecule has 2 aliphatic rings. The molecule has 2 fully saturated rings. The topological polar surface area (TPSA) is 102 Å². The third-order valence-corrected chi connectivity index (χ3v) is 7.26. The van der Waals surface area contributed by atoms with E-state index in [0.29, 0.717) is 38.8 Å². The van der Waals surface area contributed by atoms with E-state index in [1.807, 2.05) is 0 Å². The lowest BCUT2D eigenvalue weighted by Gasteiger charge is -2.26. The Morgan fingerprint density at radius 1 is 1.07 bits per heavy atom. The maximum Gasteiger partial charge on any atom is 0.338 e. The minimum absolute atomic E-state index is 0.112. The van der Waals surface area contributed by atoms with Crippen LogP contribution in [0.3, 0.4) is 0 Å². The van der Waals surface area contributed by atoms with Crippen LogP contribution in [0.5, 0.6) is 0 Å². The number of sulfonamides is 1. The predicted molar refractivity (Wildman–Crippen MR) is 106 cm³/mol. The lowest BCUT2D eigenvalue weighted by atomic mass is 9.89. The fourth-order valence-electron chi connectivity index (χ4n) is 3.61. The highest BCUT2D eigenvalue weighted by atomic mass is 32.2. The number of morpholine rings is 1. The number of carbonyl (C=O) groups is 2. The van der Waals surface area contributed by atoms with Crippen LogP contribution in [0.4, 0.5) is 0 Å². The van der Waals surface area contributed by atoms with Gasteiger partial charge in [-0.05, 0) is 43.0 Å². The molecule has 1 aliphatic carbocycles. The van der Waals surface area contributed by atoms with Gasteiger partial charge in [-0.15, -0.1) is 0 Å². The van der Waals surface area contributed by atoms with E-state index in [2.05, 4.69) is 5.32 Å². The molecule has 0 radical (unpaired) electrons. The molecule has 1 heterocycles. The van der Waals surface area contributed by atoms with Crippen molar-refractivity contribution in [3.8, 4) is 0 Å². The number of esters is 1. The molecule has 3 rings (SSSR count). The lowest BCUT2D eigenvalue weighted by Crippen LogP contribution is -2.40. The van der Waals surface area contributed by atoms with Gasteiger partial charge in [-0.1, -0.05) is 19.3 Å². The molecule has 0 bridgehead atoms. The molecule has 8 nitrogen and oxygen atoms in total. The average Bonchev–Trinajstić information content (AvgIpc) is 2.77. The van der Waals surface area contributed by atoms with Gasteiger partial charge in [0, 0.05) is 19.6 Å². The molecule has 0 atom stereocenters. The molecule has 0 spiro atoms. The number of carbonyl (C=O) groups excluding carboxylic acids is 2. The maximum atomic E-state index is 12.6. The van der Waals surface area contributed by atoms with Crippen LogP contribution in [0.25, 0.3) is 0 Å². The van der Waals surface area contributed by atoms with Crippen molar-refractivity contribution >= 4 is 21.9 Å². The standard InChI is InChI=1S/C20H28N2O6S/c23-19(21-14-16-4-2-1-3-5-16)15-28-20(24)17-6-8-18(9-7-17)29(25,26)22-10-12-27-13-11-22/h6-9,16H,1-5,10-15H2,(H,21,23). The zero-order valence-electron chi connectivity index (χ0n) is 16.5. The monoisotopic (exact) mass is 424 g/mol. The Morgan fingerprint density at radius 2 is 1.72 bits per heavy atom. The Morgan fingerprint density at radius 3 is 2.38 bits per heavy atom. The van der Waals surface area contributed by atoms with Gasteiger partial charge in [0.25, 0.3) is 5.91 Å². The van der Waals surface area contributed by atoms with Crippen LogP contribution in [-0.4, -0.2) is 64.1 Å². The number of benzene rings is 1. The fourth-order valence-corrected chi connectivity index (χ4v) is 5.02. The molecular weight excluding hydrogens is 396 g/mol. The van der Waals surface area contributed by atoms with Gasteiger partial charge in [0.1, 0.15) is 0 Å². The highest BCUT2D eigenvalue weighted by Gasteiger charge is 2.26. The summed E-state index contributed by atoms with van der Waals surface area (Å²) in [5, 5.41) is 2.81. The van der Waals surface area contributed by atoms with E-state index in [4.69, 9.17) is 9.47 Å². The molecule has 1 saturated heterocycles. The average molecular weight is 425 g/mol. The minimum atomic E-state index is -3.61. The number of hydrogen-bond donors (Lipinski definition) is 1. The van der Waals surface area contributed by atoms with Gasteiger partial charge in [0.05, 0.1) is 23.7 Å². The highest BCUT2D eigenvalue weighted by Crippen LogP contribution is 2.22. The van der Waals surface area contributed by atoms with E-state index < -0.39 is 16.0 Å². The summed E-state index contributed by atoms with van der Waals surface area (Å²) >= 11 is 0. The van der Waals surface area contributed by atoms with Crippen molar-refractivity contribution in [2.45, 2.75) is 37.0 Å². The van der Waals surface area contributed by atoms with Crippen molar-refractivity contribution in [3.05, 3.63) is 29.8 Å². The first kappa shape index (κ1) is 21.7. The van der Waals surface area contributed by atoms with Crippen LogP contribution in [0.2, 0.25) is 0 Å². The summed E-state index contributed by atoms with van der Waals surface area (Å²) in [6.45, 7) is 1.62. The van der Waals surface area contributed by atoms with Gasteiger partial charge in [-0.25, -0.2) is 13.2 Å². The number of amides is 1. The zero-order valence-corrected chi connectivity index (χ0v) is 17.3. The van der Waals surface area contributed by atoms with Gasteiger partial charge in [-0.2, -0.15) is 4.31 Å². The summed E-state index contributed by atoms with van der Waals surface area (Å²) < 4.78 is 36.8. The quantitative estimate of drug-likeness (QED) is 0.667. The van der Waals surface area contributed by atoms with E-state index in [9.17, 15) is 18.0 Å². The largest absolute Gasteiger partial charge is 0.452 e. The zero-order chi connectivity index (χ0) is 20.7. The third kappa shape index (κ3) is 6.01. The Bertz CT molecular complexity index is 797. The van der Waals surface area contributed by atoms with Crippen LogP contribution in [0.1, 0.15) is 42.5 Å². The maximum absolute atomic E-state index is 12.6. The molecule has 1 saturated carbocycles. The number of nitrogens with one attached hydrogen (secondary N) is 1. The van der Waals surface area contributed by atoms with Crippen LogP contribution >= 0.6 is 0 Å². The first-order valence-corrected chi connectivity index (χ1v) is 11.5. The molecule has 0 aromatic heterocycles. The van der Waals surface area contributed by atoms with Crippen LogP contribution in [0, 0.1) is 5.92 Å². The Hall–Kier alpha value is -1.97. The highest BCUT2D eigenvalue weighted by molar-refractivity contribution is 7.89. The van der Waals surface area contributed by atoms with Crippen molar-refractivity contribution < 1.29 is 27.5 Å². The molecule has 29 heavy (non-hydrogen) atoms. The third-order valence-electron chi connectivity index (χ3n) is 5.34. The van der Waals surface area contributed by atoms with Gasteiger partial charge in [-0.3, -0.25) is 4.79 Å². The number of nitrogens with zero attached hydrogens (tertiary/aromatic N) is 1. The molecule has 1 aliphatic heterocycles. The predicted octanol–water partition coefficient (Wildman–Crippen LogP) is 1.56. The fraction of sp³-hybridized carbons (Fsp3) is 0.600. The summed E-state index contributed by atoms with van der Waals surface area (Å²) in [6.07, 6.45) is 5.91. The van der Waals surface area contributed by atoms with E-state index in [1.54, 1.807) is 0 Å². The van der Waals surface area contributed by atoms with Gasteiger partial charge < -0.3 is 14.8 Å². The van der Waals surface area contributed by atoms with E-state index in [1.165, 1.54) is 47.8 Å². The summed E-state index contributed by atoms with van der Waals surface area (Å²) in [5.41, 5.74) is 0.200. The molecule has 1 amide bonds. The van der Waals surface area contributed by atoms with Gasteiger partial charge in [0.15, 0.2) is 6.61 Å². The minimum Gasteiger partial charge on any atom is -0.452 e. The van der Waals surface area contributed by atoms with Crippen molar-refractivity contribution in [2.24, 2.45) is 5.92 Å². The Balaban J connectivity index is 1.47. The van der Waals surface area contributed by atoms with Crippen molar-refractivity contribution in [3.63, 3.8) is 0 Å². The summed E-state index contributed by atoms with van der Waals surface area (Å²) in [4.78, 5) is 24.2. The first-order chi connectivity index (χ1) is 14.0. The SMILES string of the molecule is O=C(COC(=O)c1ccc(S(=O)(=O)N2CCOCC2)cc1)NCC1CCCCC1. The summed E-state index contributed by atoms with van der Waals surface area (Å²) in [7, 11) is -3.61. The molecule has 1 aromatic carbocycles. The van der Waals surface area contributed by atoms with E-state index in [0.717, 1.165) is 12.8 Å².